The molecule has 108 valence electrons. The van der Waals surface area contributed by atoms with Crippen molar-refractivity contribution in [3.63, 3.8) is 0 Å². The number of rotatable bonds is 4. The second-order valence-corrected chi connectivity index (χ2v) is 6.10. The third kappa shape index (κ3) is 2.88. The summed E-state index contributed by atoms with van der Waals surface area (Å²) in [5, 5.41) is 0.597. The van der Waals surface area contributed by atoms with Crippen LogP contribution in [0.2, 0.25) is 5.02 Å². The molecule has 2 N–H and O–H groups in total. The molecule has 0 aromatic heterocycles. The molecule has 2 aromatic carbocycles. The van der Waals surface area contributed by atoms with Crippen molar-refractivity contribution < 1.29 is 9.53 Å². The van der Waals surface area contributed by atoms with Gasteiger partial charge in [0.25, 0.3) is 0 Å². The zero-order valence-electron chi connectivity index (χ0n) is 11.7. The SMILES string of the molecule is CC1(c2ccc(Oc3ccc(C(N)=O)cc3)c(Cl)c2)CC1. The molecule has 1 fully saturated rings. The summed E-state index contributed by atoms with van der Waals surface area (Å²) in [6, 6.07) is 12.6. The largest absolute Gasteiger partial charge is 0.456 e. The summed E-state index contributed by atoms with van der Waals surface area (Å²) in [7, 11) is 0. The Morgan fingerprint density at radius 1 is 1.19 bits per heavy atom. The number of ether oxygens (including phenoxy) is 1. The van der Waals surface area contributed by atoms with E-state index >= 15 is 0 Å². The molecule has 1 aliphatic carbocycles. The predicted molar refractivity (Wildman–Crippen MR) is 83.1 cm³/mol. The Hall–Kier alpha value is -2.00. The van der Waals surface area contributed by atoms with Gasteiger partial charge in [-0.15, -0.1) is 0 Å². The summed E-state index contributed by atoms with van der Waals surface area (Å²) < 4.78 is 5.75. The fraction of sp³-hybridized carbons (Fsp3) is 0.235. The lowest BCUT2D eigenvalue weighted by atomic mass is 9.98. The van der Waals surface area contributed by atoms with Crippen LogP contribution >= 0.6 is 11.6 Å². The molecule has 0 saturated heterocycles. The van der Waals surface area contributed by atoms with E-state index in [1.54, 1.807) is 24.3 Å². The maximum absolute atomic E-state index is 11.0. The van der Waals surface area contributed by atoms with Gasteiger partial charge in [-0.25, -0.2) is 0 Å². The molecule has 4 heteroatoms. The first kappa shape index (κ1) is 14.0. The van der Waals surface area contributed by atoms with Crippen LogP contribution in [-0.2, 0) is 5.41 Å². The second-order valence-electron chi connectivity index (χ2n) is 5.70. The summed E-state index contributed by atoms with van der Waals surface area (Å²) in [5.74, 6) is 0.769. The van der Waals surface area contributed by atoms with Gasteiger partial charge in [-0.3, -0.25) is 4.79 Å². The fourth-order valence-corrected chi connectivity index (χ4v) is 2.47. The summed E-state index contributed by atoms with van der Waals surface area (Å²) in [5.41, 5.74) is 7.19. The van der Waals surface area contributed by atoms with Crippen LogP contribution in [0, 0.1) is 0 Å². The zero-order valence-corrected chi connectivity index (χ0v) is 12.5. The van der Waals surface area contributed by atoms with Crippen molar-refractivity contribution in [1.29, 1.82) is 0 Å². The number of benzene rings is 2. The predicted octanol–water partition coefficient (Wildman–Crippen LogP) is 4.28. The van der Waals surface area contributed by atoms with Crippen molar-refractivity contribution in [2.24, 2.45) is 5.73 Å². The highest BCUT2D eigenvalue weighted by Crippen LogP contribution is 2.49. The molecule has 1 amide bonds. The minimum absolute atomic E-state index is 0.283. The highest BCUT2D eigenvalue weighted by Gasteiger charge is 2.39. The van der Waals surface area contributed by atoms with Crippen LogP contribution in [0.5, 0.6) is 11.5 Å². The summed E-state index contributed by atoms with van der Waals surface area (Å²) >= 11 is 6.30. The first-order valence-electron chi connectivity index (χ1n) is 6.86. The average molecular weight is 302 g/mol. The molecule has 0 bridgehead atoms. The quantitative estimate of drug-likeness (QED) is 0.916. The molecule has 0 unspecified atom stereocenters. The molecule has 0 spiro atoms. The molecule has 3 rings (SSSR count). The van der Waals surface area contributed by atoms with Gasteiger partial charge in [0.15, 0.2) is 0 Å². The minimum Gasteiger partial charge on any atom is -0.456 e. The van der Waals surface area contributed by atoms with Crippen LogP contribution in [0.3, 0.4) is 0 Å². The van der Waals surface area contributed by atoms with Gasteiger partial charge in [-0.2, -0.15) is 0 Å². The first-order valence-corrected chi connectivity index (χ1v) is 7.23. The Balaban J connectivity index is 1.79. The molecule has 21 heavy (non-hydrogen) atoms. The number of carbonyl (C=O) groups excluding carboxylic acids is 1. The molecule has 0 atom stereocenters. The van der Waals surface area contributed by atoms with E-state index in [4.69, 9.17) is 22.1 Å². The van der Waals surface area contributed by atoms with Crippen molar-refractivity contribution in [3.8, 4) is 11.5 Å². The highest BCUT2D eigenvalue weighted by molar-refractivity contribution is 6.32. The third-order valence-electron chi connectivity index (χ3n) is 4.00. The van der Waals surface area contributed by atoms with Crippen LogP contribution in [0.4, 0.5) is 0 Å². The number of carbonyl (C=O) groups is 1. The molecule has 0 radical (unpaired) electrons. The Kier molecular flexibility index (Phi) is 3.38. The number of halogens is 1. The van der Waals surface area contributed by atoms with Gasteiger partial charge < -0.3 is 10.5 Å². The second kappa shape index (κ2) is 5.08. The first-order chi connectivity index (χ1) is 9.98. The van der Waals surface area contributed by atoms with E-state index in [0.717, 1.165) is 0 Å². The van der Waals surface area contributed by atoms with Gasteiger partial charge in [-0.05, 0) is 60.2 Å². The van der Waals surface area contributed by atoms with E-state index in [1.807, 2.05) is 12.1 Å². The molecule has 0 heterocycles. The van der Waals surface area contributed by atoms with Gasteiger partial charge in [0.1, 0.15) is 11.5 Å². The molecule has 3 nitrogen and oxygen atoms in total. The van der Waals surface area contributed by atoms with Crippen molar-refractivity contribution >= 4 is 17.5 Å². The van der Waals surface area contributed by atoms with E-state index in [9.17, 15) is 4.79 Å². The Morgan fingerprint density at radius 3 is 2.38 bits per heavy atom. The lowest BCUT2D eigenvalue weighted by Crippen LogP contribution is -2.10. The minimum atomic E-state index is -0.457. The van der Waals surface area contributed by atoms with Gasteiger partial charge in [0.2, 0.25) is 5.91 Å². The van der Waals surface area contributed by atoms with E-state index in [1.165, 1.54) is 18.4 Å². The van der Waals surface area contributed by atoms with Gasteiger partial charge >= 0.3 is 0 Å². The molecule has 2 aromatic rings. The van der Waals surface area contributed by atoms with Gasteiger partial charge in [0, 0.05) is 5.56 Å². The van der Waals surface area contributed by atoms with Crippen LogP contribution in [-0.4, -0.2) is 5.91 Å². The smallest absolute Gasteiger partial charge is 0.248 e. The van der Waals surface area contributed by atoms with Crippen molar-refractivity contribution in [1.82, 2.24) is 0 Å². The standard InChI is InChI=1S/C17H16ClNO2/c1-17(8-9-17)12-4-7-15(14(18)10-12)21-13-5-2-11(3-6-13)16(19)20/h2-7,10H,8-9H2,1H3,(H2,19,20). The maximum Gasteiger partial charge on any atom is 0.248 e. The maximum atomic E-state index is 11.0. The molecule has 1 aliphatic rings. The van der Waals surface area contributed by atoms with E-state index in [0.29, 0.717) is 22.1 Å². The molecule has 0 aliphatic heterocycles. The monoisotopic (exact) mass is 301 g/mol. The van der Waals surface area contributed by atoms with Crippen LogP contribution in [0.25, 0.3) is 0 Å². The molecular weight excluding hydrogens is 286 g/mol. The highest BCUT2D eigenvalue weighted by atomic mass is 35.5. The average Bonchev–Trinajstić information content (AvgIpc) is 3.21. The van der Waals surface area contributed by atoms with Crippen molar-refractivity contribution in [2.75, 3.05) is 0 Å². The lowest BCUT2D eigenvalue weighted by Gasteiger charge is -2.12. The summed E-state index contributed by atoms with van der Waals surface area (Å²) in [6.45, 7) is 2.24. The Bertz CT molecular complexity index is 690. The number of amides is 1. The van der Waals surface area contributed by atoms with Gasteiger partial charge in [-0.1, -0.05) is 24.6 Å². The lowest BCUT2D eigenvalue weighted by molar-refractivity contribution is 0.100. The normalized spacial score (nSPS) is 15.5. The fourth-order valence-electron chi connectivity index (χ4n) is 2.25. The van der Waals surface area contributed by atoms with E-state index < -0.39 is 5.91 Å². The zero-order chi connectivity index (χ0) is 15.0. The number of hydrogen-bond acceptors (Lipinski definition) is 2. The van der Waals surface area contributed by atoms with Crippen molar-refractivity contribution in [3.05, 3.63) is 58.6 Å². The van der Waals surface area contributed by atoms with E-state index in [-0.39, 0.29) is 5.41 Å². The summed E-state index contributed by atoms with van der Waals surface area (Å²) in [4.78, 5) is 11.0. The van der Waals surface area contributed by atoms with Crippen LogP contribution in [0.1, 0.15) is 35.7 Å². The number of primary amides is 1. The van der Waals surface area contributed by atoms with Crippen molar-refractivity contribution in [2.45, 2.75) is 25.2 Å². The topological polar surface area (TPSA) is 52.3 Å². The Morgan fingerprint density at radius 2 is 1.86 bits per heavy atom. The number of hydrogen-bond donors (Lipinski definition) is 1. The molecular formula is C17H16ClNO2. The summed E-state index contributed by atoms with van der Waals surface area (Å²) in [6.07, 6.45) is 2.41. The third-order valence-corrected chi connectivity index (χ3v) is 4.29. The van der Waals surface area contributed by atoms with Gasteiger partial charge in [0.05, 0.1) is 5.02 Å². The van der Waals surface area contributed by atoms with Crippen LogP contribution < -0.4 is 10.5 Å². The Labute approximate surface area is 128 Å². The number of nitrogens with two attached hydrogens (primary N) is 1. The van der Waals surface area contributed by atoms with Crippen LogP contribution in [0.15, 0.2) is 42.5 Å². The molecule has 1 saturated carbocycles. The van der Waals surface area contributed by atoms with E-state index in [2.05, 4.69) is 13.0 Å².